The molecule has 3 aromatic carbocycles. The highest BCUT2D eigenvalue weighted by Gasteiger charge is 2.67. The zero-order valence-electron chi connectivity index (χ0n) is 20.5. The van der Waals surface area contributed by atoms with Gasteiger partial charge in [0.2, 0.25) is 5.91 Å². The molecule has 0 radical (unpaired) electrons. The van der Waals surface area contributed by atoms with Crippen LogP contribution in [0.1, 0.15) is 45.5 Å². The number of nitrogens with one attached hydrogen (secondary N) is 1. The molecule has 1 saturated carbocycles. The fraction of sp³-hybridized carbons (Fsp3) is 0.250. The molecule has 204 valence electrons. The summed E-state index contributed by atoms with van der Waals surface area (Å²) < 4.78 is 27.1. The maximum Gasteiger partial charge on any atom is 0.231 e. The van der Waals surface area contributed by atoms with E-state index in [1.54, 1.807) is 31.2 Å². The highest BCUT2D eigenvalue weighted by Crippen LogP contribution is 2.65. The van der Waals surface area contributed by atoms with Crippen LogP contribution >= 0.6 is 58.0 Å². The van der Waals surface area contributed by atoms with Gasteiger partial charge < -0.3 is 5.32 Å². The second kappa shape index (κ2) is 11.3. The van der Waals surface area contributed by atoms with Crippen LogP contribution in [0, 0.1) is 24.5 Å². The van der Waals surface area contributed by atoms with Gasteiger partial charge in [0.15, 0.2) is 5.78 Å². The summed E-state index contributed by atoms with van der Waals surface area (Å²) >= 11 is 31.3. The molecule has 1 fully saturated rings. The van der Waals surface area contributed by atoms with Gasteiger partial charge in [-0.3, -0.25) is 14.4 Å². The van der Waals surface area contributed by atoms with Gasteiger partial charge in [0.1, 0.15) is 21.8 Å². The predicted octanol–water partition coefficient (Wildman–Crippen LogP) is 8.32. The summed E-state index contributed by atoms with van der Waals surface area (Å²) in [5.41, 5.74) is 1.31. The summed E-state index contributed by atoms with van der Waals surface area (Å²) in [4.78, 5) is 37.7. The van der Waals surface area contributed by atoms with E-state index in [2.05, 4.69) is 5.32 Å². The van der Waals surface area contributed by atoms with E-state index >= 15 is 0 Å². The van der Waals surface area contributed by atoms with Gasteiger partial charge in [-0.15, -0.1) is 23.2 Å². The van der Waals surface area contributed by atoms with Crippen LogP contribution in [0.25, 0.3) is 0 Å². The third-order valence-corrected chi connectivity index (χ3v) is 8.65. The number of Topliss-reactive ketones (excluding diaryl/α,β-unsaturated/α-hetero) is 2. The van der Waals surface area contributed by atoms with E-state index in [4.69, 9.17) is 58.0 Å². The first-order chi connectivity index (χ1) is 18.2. The maximum atomic E-state index is 14.5. The topological polar surface area (TPSA) is 63.2 Å². The van der Waals surface area contributed by atoms with Crippen molar-refractivity contribution in [3.8, 4) is 0 Å². The molecule has 0 aliphatic heterocycles. The number of aryl methyl sites for hydroxylation is 1. The number of carbonyl (C=O) groups is 3. The molecule has 0 heterocycles. The smallest absolute Gasteiger partial charge is 0.231 e. The van der Waals surface area contributed by atoms with E-state index in [1.165, 1.54) is 13.0 Å². The highest BCUT2D eigenvalue weighted by molar-refractivity contribution is 6.53. The number of benzene rings is 3. The van der Waals surface area contributed by atoms with Crippen molar-refractivity contribution in [3.63, 3.8) is 0 Å². The number of hydrogen-bond acceptors (Lipinski definition) is 3. The summed E-state index contributed by atoms with van der Waals surface area (Å²) in [6.07, 6.45) is -0.677. The minimum atomic E-state index is -1.39. The lowest BCUT2D eigenvalue weighted by molar-refractivity contribution is -0.117. The van der Waals surface area contributed by atoms with Gasteiger partial charge in [-0.2, -0.15) is 0 Å². The fourth-order valence-corrected chi connectivity index (χ4v) is 5.84. The zero-order valence-corrected chi connectivity index (χ0v) is 24.3. The van der Waals surface area contributed by atoms with Crippen molar-refractivity contribution in [2.75, 3.05) is 5.32 Å². The second-order valence-corrected chi connectivity index (χ2v) is 12.1. The number of amides is 1. The van der Waals surface area contributed by atoms with Crippen molar-refractivity contribution in [2.45, 2.75) is 36.9 Å². The average molecular weight is 634 g/mol. The Morgan fingerprint density at radius 1 is 0.897 bits per heavy atom. The molecule has 0 bridgehead atoms. The molecule has 11 heteroatoms. The van der Waals surface area contributed by atoms with Crippen LogP contribution < -0.4 is 5.32 Å². The number of rotatable bonds is 8. The number of halogens is 7. The molecule has 1 amide bonds. The standard InChI is InChI=1S/C28H20Cl5F2NO3/c1-12-5-17(36-27(39)25-24(28(25,32)33)14-3-4-19(29)20(30)8-14)10-18(26(12)31)23(38)9-16-7-15(6-13(2)37)21(34)11-22(16)35/h3-5,7-8,10-11,24-25H,6,9H2,1-2H3,(H,36,39)/t24-,25+/m0/s1. The Morgan fingerprint density at radius 2 is 1.54 bits per heavy atom. The largest absolute Gasteiger partial charge is 0.326 e. The second-order valence-electron chi connectivity index (χ2n) is 9.46. The molecule has 4 rings (SSSR count). The normalized spacial score (nSPS) is 17.6. The van der Waals surface area contributed by atoms with Crippen molar-refractivity contribution in [1.29, 1.82) is 0 Å². The van der Waals surface area contributed by atoms with E-state index in [0.29, 0.717) is 27.2 Å². The third kappa shape index (κ3) is 6.26. The van der Waals surface area contributed by atoms with E-state index in [1.807, 2.05) is 0 Å². The van der Waals surface area contributed by atoms with E-state index in [9.17, 15) is 23.2 Å². The number of carbonyl (C=O) groups excluding carboxylic acids is 3. The molecule has 1 aliphatic carbocycles. The third-order valence-electron chi connectivity index (χ3n) is 6.47. The Kier molecular flexibility index (Phi) is 8.65. The summed E-state index contributed by atoms with van der Waals surface area (Å²) in [7, 11) is 0. The van der Waals surface area contributed by atoms with Crippen LogP contribution in [0.15, 0.2) is 42.5 Å². The fourth-order valence-electron chi connectivity index (χ4n) is 4.49. The molecule has 39 heavy (non-hydrogen) atoms. The molecule has 0 aromatic heterocycles. The number of hydrogen-bond donors (Lipinski definition) is 1. The first-order valence-electron chi connectivity index (χ1n) is 11.6. The van der Waals surface area contributed by atoms with Crippen LogP contribution in [0.5, 0.6) is 0 Å². The zero-order chi connectivity index (χ0) is 28.8. The van der Waals surface area contributed by atoms with Crippen molar-refractivity contribution in [1.82, 2.24) is 0 Å². The SMILES string of the molecule is CC(=O)Cc1cc(CC(=O)c2cc(NC(=O)[C@H]3[C@H](c4ccc(Cl)c(Cl)c4)C3(Cl)Cl)cc(C)c2Cl)c(F)cc1F. The van der Waals surface area contributed by atoms with Gasteiger partial charge in [0.05, 0.1) is 21.0 Å². The van der Waals surface area contributed by atoms with E-state index in [0.717, 1.165) is 6.07 Å². The predicted molar refractivity (Wildman–Crippen MR) is 151 cm³/mol. The number of ketones is 2. The Morgan fingerprint density at radius 3 is 2.15 bits per heavy atom. The molecule has 2 atom stereocenters. The molecule has 0 saturated heterocycles. The lowest BCUT2D eigenvalue weighted by atomic mass is 9.97. The molecule has 1 N–H and O–H groups in total. The minimum absolute atomic E-state index is 0.0124. The lowest BCUT2D eigenvalue weighted by Gasteiger charge is -2.13. The summed E-state index contributed by atoms with van der Waals surface area (Å²) in [5.74, 6) is -4.52. The van der Waals surface area contributed by atoms with Gasteiger partial charge in [-0.25, -0.2) is 8.78 Å². The Hall–Kier alpha value is -2.22. The maximum absolute atomic E-state index is 14.5. The van der Waals surface area contributed by atoms with Crippen LogP contribution in [0.2, 0.25) is 15.1 Å². The van der Waals surface area contributed by atoms with Crippen molar-refractivity contribution in [3.05, 3.63) is 97.0 Å². The van der Waals surface area contributed by atoms with Gasteiger partial charge in [0, 0.05) is 36.1 Å². The molecular weight excluding hydrogens is 614 g/mol. The van der Waals surface area contributed by atoms with Gasteiger partial charge >= 0.3 is 0 Å². The molecule has 1 aliphatic rings. The number of alkyl halides is 2. The van der Waals surface area contributed by atoms with E-state index < -0.39 is 45.9 Å². The quantitative estimate of drug-likeness (QED) is 0.201. The molecule has 3 aromatic rings. The first-order valence-corrected chi connectivity index (χ1v) is 13.5. The molecular formula is C28H20Cl5F2NO3. The monoisotopic (exact) mass is 631 g/mol. The van der Waals surface area contributed by atoms with Crippen molar-refractivity contribution in [2.24, 2.45) is 5.92 Å². The van der Waals surface area contributed by atoms with Crippen LogP contribution in [0.3, 0.4) is 0 Å². The van der Waals surface area contributed by atoms with Gasteiger partial charge in [-0.05, 0) is 66.4 Å². The van der Waals surface area contributed by atoms with E-state index in [-0.39, 0.29) is 39.6 Å². The molecule has 4 nitrogen and oxygen atoms in total. The Balaban J connectivity index is 1.56. The van der Waals surface area contributed by atoms with Crippen LogP contribution in [-0.2, 0) is 22.4 Å². The Labute approximate surface area is 248 Å². The highest BCUT2D eigenvalue weighted by atomic mass is 35.5. The molecule has 0 spiro atoms. The van der Waals surface area contributed by atoms with Crippen molar-refractivity contribution >= 4 is 81.2 Å². The van der Waals surface area contributed by atoms with Crippen LogP contribution in [0.4, 0.5) is 14.5 Å². The lowest BCUT2D eigenvalue weighted by Crippen LogP contribution is -2.18. The number of anilines is 1. The Bertz CT molecular complexity index is 1530. The summed E-state index contributed by atoms with van der Waals surface area (Å²) in [5, 5.41) is 3.49. The van der Waals surface area contributed by atoms with Gasteiger partial charge in [0.25, 0.3) is 0 Å². The first kappa shape index (κ1) is 29.8. The van der Waals surface area contributed by atoms with Crippen LogP contribution in [-0.4, -0.2) is 21.8 Å². The average Bonchev–Trinajstić information content (AvgIpc) is 3.42. The summed E-state index contributed by atoms with van der Waals surface area (Å²) in [6, 6.07) is 9.62. The van der Waals surface area contributed by atoms with Crippen molar-refractivity contribution < 1.29 is 23.2 Å². The minimum Gasteiger partial charge on any atom is -0.326 e. The summed E-state index contributed by atoms with van der Waals surface area (Å²) in [6.45, 7) is 2.92. The molecule has 0 unspecified atom stereocenters. The van der Waals surface area contributed by atoms with Gasteiger partial charge in [-0.1, -0.05) is 40.9 Å².